The third kappa shape index (κ3) is 4.26. The number of aliphatic hydroxyl groups is 1. The maximum Gasteiger partial charge on any atom is 0.119 e. The van der Waals surface area contributed by atoms with Crippen LogP contribution in [0.2, 0.25) is 0 Å². The van der Waals surface area contributed by atoms with Gasteiger partial charge in [0.05, 0.1) is 25.1 Å². The van der Waals surface area contributed by atoms with Crippen molar-refractivity contribution in [2.24, 2.45) is 0 Å². The number of aliphatic hydroxyl groups excluding tert-OH is 1. The van der Waals surface area contributed by atoms with Crippen LogP contribution in [0.5, 0.6) is 5.75 Å². The van der Waals surface area contributed by atoms with E-state index in [2.05, 4.69) is 40.6 Å². The Morgan fingerprint density at radius 3 is 2.84 bits per heavy atom. The second-order valence-electron chi connectivity index (χ2n) is 6.06. The van der Waals surface area contributed by atoms with Crippen LogP contribution in [0.25, 0.3) is 11.3 Å². The molecule has 0 bridgehead atoms. The Labute approximate surface area is 147 Å². The summed E-state index contributed by atoms with van der Waals surface area (Å²) in [5.74, 6) is 0.744. The van der Waals surface area contributed by atoms with Crippen molar-refractivity contribution in [3.63, 3.8) is 0 Å². The average Bonchev–Trinajstić information content (AvgIpc) is 3.10. The SMILES string of the molecule is COc1cccc(C(O)CNCc2cn[nH]c2-c2cccc(C)c2)c1. The predicted molar refractivity (Wildman–Crippen MR) is 98.4 cm³/mol. The molecular weight excluding hydrogens is 314 g/mol. The second kappa shape index (κ2) is 7.96. The number of aryl methyl sites for hydroxylation is 1. The minimum atomic E-state index is -0.593. The molecule has 0 fully saturated rings. The summed E-state index contributed by atoms with van der Waals surface area (Å²) < 4.78 is 5.20. The molecule has 3 aromatic rings. The molecule has 0 spiro atoms. The fourth-order valence-corrected chi connectivity index (χ4v) is 2.81. The van der Waals surface area contributed by atoms with Crippen LogP contribution in [-0.4, -0.2) is 29.0 Å². The number of hydrogen-bond donors (Lipinski definition) is 3. The van der Waals surface area contributed by atoms with Crippen LogP contribution in [0, 0.1) is 6.92 Å². The van der Waals surface area contributed by atoms with Gasteiger partial charge in [-0.1, -0.05) is 35.9 Å². The lowest BCUT2D eigenvalue weighted by Crippen LogP contribution is -2.21. The maximum absolute atomic E-state index is 10.4. The van der Waals surface area contributed by atoms with Crippen LogP contribution in [0.3, 0.4) is 0 Å². The summed E-state index contributed by atoms with van der Waals surface area (Å²) in [6.45, 7) is 3.15. The topological polar surface area (TPSA) is 70.2 Å². The Bertz CT molecular complexity index is 829. The summed E-state index contributed by atoms with van der Waals surface area (Å²) in [4.78, 5) is 0. The van der Waals surface area contributed by atoms with E-state index in [9.17, 15) is 5.11 Å². The smallest absolute Gasteiger partial charge is 0.119 e. The minimum absolute atomic E-state index is 0.450. The van der Waals surface area contributed by atoms with E-state index in [0.29, 0.717) is 13.1 Å². The van der Waals surface area contributed by atoms with Crippen molar-refractivity contribution in [3.05, 3.63) is 71.4 Å². The third-order valence-corrected chi connectivity index (χ3v) is 4.16. The fraction of sp³-hybridized carbons (Fsp3) is 0.250. The van der Waals surface area contributed by atoms with Crippen molar-refractivity contribution in [3.8, 4) is 17.0 Å². The van der Waals surface area contributed by atoms with Crippen molar-refractivity contribution in [2.75, 3.05) is 13.7 Å². The fourth-order valence-electron chi connectivity index (χ4n) is 2.81. The Kier molecular flexibility index (Phi) is 5.48. The lowest BCUT2D eigenvalue weighted by molar-refractivity contribution is 0.174. The van der Waals surface area contributed by atoms with Gasteiger partial charge in [0.1, 0.15) is 5.75 Å². The highest BCUT2D eigenvalue weighted by molar-refractivity contribution is 5.63. The predicted octanol–water partition coefficient (Wildman–Crippen LogP) is 3.22. The number of methoxy groups -OCH3 is 1. The number of aromatic amines is 1. The zero-order valence-corrected chi connectivity index (χ0v) is 14.5. The van der Waals surface area contributed by atoms with Gasteiger partial charge in [0, 0.05) is 24.2 Å². The van der Waals surface area contributed by atoms with Gasteiger partial charge < -0.3 is 15.2 Å². The first-order valence-corrected chi connectivity index (χ1v) is 8.29. The first-order valence-electron chi connectivity index (χ1n) is 8.29. The van der Waals surface area contributed by atoms with E-state index < -0.39 is 6.10 Å². The van der Waals surface area contributed by atoms with Gasteiger partial charge in [0.2, 0.25) is 0 Å². The Balaban J connectivity index is 1.62. The quantitative estimate of drug-likeness (QED) is 0.619. The Morgan fingerprint density at radius 2 is 2.04 bits per heavy atom. The van der Waals surface area contributed by atoms with E-state index >= 15 is 0 Å². The first-order chi connectivity index (χ1) is 12.2. The molecule has 0 aliphatic rings. The lowest BCUT2D eigenvalue weighted by Gasteiger charge is -2.13. The summed E-state index contributed by atoms with van der Waals surface area (Å²) in [7, 11) is 1.62. The molecule has 0 amide bonds. The Hall–Kier alpha value is -2.63. The van der Waals surface area contributed by atoms with Gasteiger partial charge in [-0.3, -0.25) is 5.10 Å². The van der Waals surface area contributed by atoms with Gasteiger partial charge >= 0.3 is 0 Å². The average molecular weight is 337 g/mol. The van der Waals surface area contributed by atoms with E-state index in [1.807, 2.05) is 36.5 Å². The molecule has 0 aliphatic carbocycles. The number of H-pyrrole nitrogens is 1. The molecule has 130 valence electrons. The number of nitrogens with one attached hydrogen (secondary N) is 2. The molecule has 2 aromatic carbocycles. The number of benzene rings is 2. The van der Waals surface area contributed by atoms with Gasteiger partial charge in [-0.2, -0.15) is 5.10 Å². The molecule has 0 radical (unpaired) electrons. The number of rotatable bonds is 7. The third-order valence-electron chi connectivity index (χ3n) is 4.16. The molecule has 3 N–H and O–H groups in total. The molecular formula is C20H23N3O2. The van der Waals surface area contributed by atoms with Crippen molar-refractivity contribution < 1.29 is 9.84 Å². The molecule has 1 atom stereocenters. The van der Waals surface area contributed by atoms with Crippen molar-refractivity contribution >= 4 is 0 Å². The largest absolute Gasteiger partial charge is 0.497 e. The van der Waals surface area contributed by atoms with E-state index in [1.165, 1.54) is 5.56 Å². The van der Waals surface area contributed by atoms with Crippen molar-refractivity contribution in [1.29, 1.82) is 0 Å². The van der Waals surface area contributed by atoms with Gasteiger partial charge in [0.25, 0.3) is 0 Å². The molecule has 1 heterocycles. The molecule has 5 heteroatoms. The van der Waals surface area contributed by atoms with Crippen LogP contribution in [0.15, 0.2) is 54.7 Å². The monoisotopic (exact) mass is 337 g/mol. The van der Waals surface area contributed by atoms with E-state index in [1.54, 1.807) is 7.11 Å². The molecule has 3 rings (SSSR count). The number of nitrogens with zero attached hydrogens (tertiary/aromatic N) is 1. The molecule has 1 unspecified atom stereocenters. The molecule has 5 nitrogen and oxygen atoms in total. The highest BCUT2D eigenvalue weighted by atomic mass is 16.5. The summed E-state index contributed by atoms with van der Waals surface area (Å²) in [5, 5.41) is 20.9. The number of hydrogen-bond acceptors (Lipinski definition) is 4. The van der Waals surface area contributed by atoms with Crippen molar-refractivity contribution in [1.82, 2.24) is 15.5 Å². The highest BCUT2D eigenvalue weighted by Crippen LogP contribution is 2.22. The van der Waals surface area contributed by atoms with Crippen LogP contribution in [0.4, 0.5) is 0 Å². The zero-order chi connectivity index (χ0) is 17.6. The van der Waals surface area contributed by atoms with Gasteiger partial charge in [0.15, 0.2) is 0 Å². The van der Waals surface area contributed by atoms with Gasteiger partial charge in [-0.05, 0) is 30.7 Å². The van der Waals surface area contributed by atoms with Crippen LogP contribution in [-0.2, 0) is 6.54 Å². The maximum atomic E-state index is 10.4. The van der Waals surface area contributed by atoms with E-state index in [4.69, 9.17) is 4.74 Å². The first kappa shape index (κ1) is 17.2. The zero-order valence-electron chi connectivity index (χ0n) is 14.5. The van der Waals surface area contributed by atoms with Crippen LogP contribution < -0.4 is 10.1 Å². The van der Waals surface area contributed by atoms with E-state index in [0.717, 1.165) is 28.1 Å². The molecule has 0 saturated heterocycles. The van der Waals surface area contributed by atoms with Crippen molar-refractivity contribution in [2.45, 2.75) is 19.6 Å². The second-order valence-corrected chi connectivity index (χ2v) is 6.06. The molecule has 1 aromatic heterocycles. The standard InChI is InChI=1S/C20H23N3O2/c1-14-5-3-7-16(9-14)20-17(12-22-23-20)11-21-13-19(24)15-6-4-8-18(10-15)25-2/h3-10,12,19,21,24H,11,13H2,1-2H3,(H,22,23). The summed E-state index contributed by atoms with van der Waals surface area (Å²) in [5.41, 5.74) is 5.23. The molecule has 0 saturated carbocycles. The van der Waals surface area contributed by atoms with Gasteiger partial charge in [-0.25, -0.2) is 0 Å². The number of ether oxygens (including phenoxy) is 1. The van der Waals surface area contributed by atoms with Crippen LogP contribution in [0.1, 0.15) is 22.8 Å². The summed E-state index contributed by atoms with van der Waals surface area (Å²) in [6.07, 6.45) is 1.23. The van der Waals surface area contributed by atoms with E-state index in [-0.39, 0.29) is 0 Å². The summed E-state index contributed by atoms with van der Waals surface area (Å²) in [6, 6.07) is 15.8. The minimum Gasteiger partial charge on any atom is -0.497 e. The van der Waals surface area contributed by atoms with Crippen LogP contribution >= 0.6 is 0 Å². The number of aromatic nitrogens is 2. The molecule has 25 heavy (non-hydrogen) atoms. The normalized spacial score (nSPS) is 12.1. The molecule has 0 aliphatic heterocycles. The lowest BCUT2D eigenvalue weighted by atomic mass is 10.1. The highest BCUT2D eigenvalue weighted by Gasteiger charge is 2.11. The summed E-state index contributed by atoms with van der Waals surface area (Å²) >= 11 is 0. The van der Waals surface area contributed by atoms with Gasteiger partial charge in [-0.15, -0.1) is 0 Å². The Morgan fingerprint density at radius 1 is 1.20 bits per heavy atom.